The summed E-state index contributed by atoms with van der Waals surface area (Å²) >= 11 is 0. The van der Waals surface area contributed by atoms with Crippen LogP contribution in [0.25, 0.3) is 5.65 Å². The molecule has 3 rings (SSSR count). The fourth-order valence-corrected chi connectivity index (χ4v) is 2.72. The van der Waals surface area contributed by atoms with Crippen molar-refractivity contribution in [1.29, 1.82) is 0 Å². The fraction of sp³-hybridized carbons (Fsp3) is 0.500. The molecule has 3 nitrogen and oxygen atoms in total. The molecular weight excluding hydrogens is 210 g/mol. The first-order chi connectivity index (χ1) is 8.20. The van der Waals surface area contributed by atoms with E-state index >= 15 is 0 Å². The fourth-order valence-electron chi connectivity index (χ4n) is 2.72. The highest BCUT2D eigenvalue weighted by molar-refractivity contribution is 5.42. The zero-order valence-corrected chi connectivity index (χ0v) is 10.6. The Bertz CT molecular complexity index is 529. The number of hydrogen-bond donors (Lipinski definition) is 0. The van der Waals surface area contributed by atoms with Crippen LogP contribution in [0.15, 0.2) is 24.5 Å². The Morgan fingerprint density at radius 3 is 3.12 bits per heavy atom. The average Bonchev–Trinajstić information content (AvgIpc) is 2.84. The van der Waals surface area contributed by atoms with Crippen LogP contribution >= 0.6 is 0 Å². The van der Waals surface area contributed by atoms with E-state index in [9.17, 15) is 0 Å². The highest BCUT2D eigenvalue weighted by atomic mass is 15.1. The average molecular weight is 229 g/mol. The second kappa shape index (κ2) is 4.15. The summed E-state index contributed by atoms with van der Waals surface area (Å²) in [7, 11) is 2.20. The van der Waals surface area contributed by atoms with Gasteiger partial charge in [-0.05, 0) is 57.0 Å². The molecule has 0 saturated carbocycles. The monoisotopic (exact) mass is 229 g/mol. The van der Waals surface area contributed by atoms with Crippen molar-refractivity contribution >= 4 is 5.65 Å². The van der Waals surface area contributed by atoms with Crippen molar-refractivity contribution in [1.82, 2.24) is 14.3 Å². The molecule has 0 bridgehead atoms. The summed E-state index contributed by atoms with van der Waals surface area (Å²) in [6.07, 6.45) is 6.70. The van der Waals surface area contributed by atoms with E-state index < -0.39 is 0 Å². The lowest BCUT2D eigenvalue weighted by Gasteiger charge is -2.07. The molecule has 0 spiro atoms. The van der Waals surface area contributed by atoms with Gasteiger partial charge >= 0.3 is 0 Å². The number of aromatic nitrogens is 2. The predicted molar refractivity (Wildman–Crippen MR) is 69.2 cm³/mol. The molecule has 1 atom stereocenters. The van der Waals surface area contributed by atoms with Gasteiger partial charge in [0.05, 0.1) is 5.69 Å². The van der Waals surface area contributed by atoms with Crippen molar-refractivity contribution in [2.75, 3.05) is 20.1 Å². The highest BCUT2D eigenvalue weighted by Gasteiger charge is 2.20. The van der Waals surface area contributed by atoms with Crippen molar-refractivity contribution in [2.45, 2.75) is 19.8 Å². The molecule has 0 N–H and O–H groups in total. The van der Waals surface area contributed by atoms with E-state index in [-0.39, 0.29) is 0 Å². The molecule has 1 aliphatic rings. The summed E-state index contributed by atoms with van der Waals surface area (Å²) in [5.74, 6) is 0.783. The molecule has 3 heteroatoms. The van der Waals surface area contributed by atoms with Gasteiger partial charge in [-0.25, -0.2) is 4.98 Å². The van der Waals surface area contributed by atoms with E-state index in [1.165, 1.54) is 30.8 Å². The quantitative estimate of drug-likeness (QED) is 0.786. The Morgan fingerprint density at radius 1 is 1.47 bits per heavy atom. The van der Waals surface area contributed by atoms with Crippen LogP contribution in [0.2, 0.25) is 0 Å². The Balaban J connectivity index is 1.81. The normalized spacial score (nSPS) is 21.4. The van der Waals surface area contributed by atoms with Crippen LogP contribution in [0.3, 0.4) is 0 Å². The minimum atomic E-state index is 0.783. The molecule has 17 heavy (non-hydrogen) atoms. The maximum Gasteiger partial charge on any atom is 0.137 e. The van der Waals surface area contributed by atoms with Crippen LogP contribution in [0.5, 0.6) is 0 Å². The standard InChI is InChI=1S/C14H19N3/c1-11-3-6-17-10-13(15-14(17)7-11)8-12-4-5-16(2)9-12/h3,6-7,10,12H,4-5,8-9H2,1-2H3. The van der Waals surface area contributed by atoms with E-state index in [0.717, 1.165) is 18.0 Å². The predicted octanol–water partition coefficient (Wildman–Crippen LogP) is 2.14. The van der Waals surface area contributed by atoms with E-state index in [4.69, 9.17) is 4.98 Å². The van der Waals surface area contributed by atoms with Gasteiger partial charge in [-0.1, -0.05) is 0 Å². The second-order valence-corrected chi connectivity index (χ2v) is 5.32. The van der Waals surface area contributed by atoms with Crippen molar-refractivity contribution in [3.63, 3.8) is 0 Å². The SMILES string of the molecule is Cc1ccn2cc(CC3CCN(C)C3)nc2c1. The molecular formula is C14H19N3. The number of hydrogen-bond acceptors (Lipinski definition) is 2. The van der Waals surface area contributed by atoms with Gasteiger partial charge in [0, 0.05) is 18.9 Å². The summed E-state index contributed by atoms with van der Waals surface area (Å²) < 4.78 is 2.13. The van der Waals surface area contributed by atoms with E-state index in [0.29, 0.717) is 0 Å². The van der Waals surface area contributed by atoms with Crippen molar-refractivity contribution in [3.05, 3.63) is 35.8 Å². The third-order valence-corrected chi connectivity index (χ3v) is 3.65. The lowest BCUT2D eigenvalue weighted by molar-refractivity contribution is 0.394. The third kappa shape index (κ3) is 2.20. The Hall–Kier alpha value is -1.35. The van der Waals surface area contributed by atoms with Crippen LogP contribution in [-0.2, 0) is 6.42 Å². The molecule has 2 aromatic heterocycles. The zero-order valence-electron chi connectivity index (χ0n) is 10.6. The molecule has 3 heterocycles. The Morgan fingerprint density at radius 2 is 2.35 bits per heavy atom. The van der Waals surface area contributed by atoms with Crippen molar-refractivity contribution in [2.24, 2.45) is 5.92 Å². The summed E-state index contributed by atoms with van der Waals surface area (Å²) in [6.45, 7) is 4.56. The van der Waals surface area contributed by atoms with Crippen molar-refractivity contribution < 1.29 is 0 Å². The number of rotatable bonds is 2. The molecule has 1 unspecified atom stereocenters. The molecule has 1 aliphatic heterocycles. The van der Waals surface area contributed by atoms with E-state index in [1.54, 1.807) is 0 Å². The van der Waals surface area contributed by atoms with Crippen LogP contribution in [0.4, 0.5) is 0 Å². The van der Waals surface area contributed by atoms with Gasteiger partial charge in [-0.15, -0.1) is 0 Å². The number of pyridine rings is 1. The molecule has 0 aromatic carbocycles. The smallest absolute Gasteiger partial charge is 0.137 e. The topological polar surface area (TPSA) is 20.5 Å². The maximum atomic E-state index is 4.71. The number of fused-ring (bicyclic) bond motifs is 1. The van der Waals surface area contributed by atoms with Gasteiger partial charge in [0.2, 0.25) is 0 Å². The first-order valence-electron chi connectivity index (χ1n) is 6.33. The number of imidazole rings is 1. The lowest BCUT2D eigenvalue weighted by atomic mass is 10.0. The van der Waals surface area contributed by atoms with Crippen LogP contribution < -0.4 is 0 Å². The molecule has 1 saturated heterocycles. The minimum Gasteiger partial charge on any atom is -0.307 e. The highest BCUT2D eigenvalue weighted by Crippen LogP contribution is 2.19. The summed E-state index contributed by atoms with van der Waals surface area (Å²) in [6, 6.07) is 4.27. The van der Waals surface area contributed by atoms with Crippen LogP contribution in [-0.4, -0.2) is 34.4 Å². The Labute approximate surface area is 102 Å². The summed E-state index contributed by atoms with van der Waals surface area (Å²) in [5.41, 5.74) is 3.58. The van der Waals surface area contributed by atoms with Gasteiger partial charge in [0.25, 0.3) is 0 Å². The van der Waals surface area contributed by atoms with E-state index in [1.807, 2.05) is 0 Å². The van der Waals surface area contributed by atoms with Gasteiger partial charge in [0.15, 0.2) is 0 Å². The number of likely N-dealkylation sites (tertiary alicyclic amines) is 1. The largest absolute Gasteiger partial charge is 0.307 e. The first-order valence-corrected chi connectivity index (χ1v) is 6.33. The maximum absolute atomic E-state index is 4.71. The number of nitrogens with zero attached hydrogens (tertiary/aromatic N) is 3. The lowest BCUT2D eigenvalue weighted by Crippen LogP contribution is -2.15. The molecule has 0 aliphatic carbocycles. The second-order valence-electron chi connectivity index (χ2n) is 5.32. The molecule has 2 aromatic rings. The van der Waals surface area contributed by atoms with E-state index in [2.05, 4.69) is 47.8 Å². The summed E-state index contributed by atoms with van der Waals surface area (Å²) in [4.78, 5) is 7.11. The van der Waals surface area contributed by atoms with Gasteiger partial charge in [0.1, 0.15) is 5.65 Å². The van der Waals surface area contributed by atoms with Crippen molar-refractivity contribution in [3.8, 4) is 0 Å². The van der Waals surface area contributed by atoms with Gasteiger partial charge in [-0.2, -0.15) is 0 Å². The molecule has 0 amide bonds. The summed E-state index contributed by atoms with van der Waals surface area (Å²) in [5, 5.41) is 0. The molecule has 1 fully saturated rings. The number of aryl methyl sites for hydroxylation is 1. The third-order valence-electron chi connectivity index (χ3n) is 3.65. The zero-order chi connectivity index (χ0) is 11.8. The van der Waals surface area contributed by atoms with Gasteiger partial charge < -0.3 is 9.30 Å². The van der Waals surface area contributed by atoms with Crippen LogP contribution in [0, 0.1) is 12.8 Å². The minimum absolute atomic E-state index is 0.783. The molecule has 0 radical (unpaired) electrons. The van der Waals surface area contributed by atoms with Gasteiger partial charge in [-0.3, -0.25) is 0 Å². The molecule has 90 valence electrons. The Kier molecular flexibility index (Phi) is 2.63. The first kappa shape index (κ1) is 10.8. The van der Waals surface area contributed by atoms with Crippen LogP contribution in [0.1, 0.15) is 17.7 Å².